The quantitative estimate of drug-likeness (QED) is 0.194. The van der Waals surface area contributed by atoms with Crippen LogP contribution in [-0.2, 0) is 29.0 Å². The van der Waals surface area contributed by atoms with Gasteiger partial charge in [0.1, 0.15) is 0 Å². The molecule has 0 heterocycles. The van der Waals surface area contributed by atoms with E-state index in [2.05, 4.69) is 10.6 Å². The van der Waals surface area contributed by atoms with Gasteiger partial charge in [-0.3, -0.25) is 19.2 Å². The fourth-order valence-electron chi connectivity index (χ4n) is 11.6. The number of nitrogens with one attached hydrogen (secondary N) is 2. The summed E-state index contributed by atoms with van der Waals surface area (Å²) in [6.45, 7) is 0. The predicted molar refractivity (Wildman–Crippen MR) is 194 cm³/mol. The van der Waals surface area contributed by atoms with Gasteiger partial charge in [-0.1, -0.05) is 64.2 Å². The molecule has 6 atom stereocenters. The predicted octanol–water partition coefficient (Wildman–Crippen LogP) is 6.65. The van der Waals surface area contributed by atoms with Crippen molar-refractivity contribution in [3.05, 3.63) is 0 Å². The molecular weight excluding hydrogens is 669 g/mol. The Balaban J connectivity index is 0.961. The van der Waals surface area contributed by atoms with Crippen LogP contribution in [0.25, 0.3) is 0 Å². The van der Waals surface area contributed by atoms with Crippen molar-refractivity contribution in [1.82, 2.24) is 10.6 Å². The number of sulfone groups is 1. The van der Waals surface area contributed by atoms with Crippen molar-refractivity contribution in [3.63, 3.8) is 0 Å². The van der Waals surface area contributed by atoms with Gasteiger partial charge < -0.3 is 20.8 Å². The Morgan fingerprint density at radius 1 is 0.412 bits per heavy atom. The van der Waals surface area contributed by atoms with Crippen molar-refractivity contribution >= 4 is 33.6 Å². The minimum atomic E-state index is -3.39. The van der Waals surface area contributed by atoms with E-state index in [1.54, 1.807) is 0 Å². The third kappa shape index (κ3) is 9.32. The first-order valence-electron chi connectivity index (χ1n) is 20.8. The van der Waals surface area contributed by atoms with Gasteiger partial charge in [-0.25, -0.2) is 8.42 Å². The first kappa shape index (κ1) is 38.6. The SMILES string of the molecule is O=C(O)C1CCC(C2CCCCC2)CC1C(=O)NC1CCC(S(=O)(=O)C2CCC(NC(=O)C3CC(C4CCCCC4)CCC3C(=O)O)CC2)CC1. The standard InChI is InChI=1S/C40H64N2O8S/c43-37(35-23-27(11-21-33(35)39(45)46)25-7-3-1-4-8-25)41-29-13-17-31(18-14-29)51(49,50)32-19-15-30(16-20-32)42-38(44)36-24-28(12-22-34(36)40(47)48)26-9-5-2-6-10-26/h25-36H,1-24H2,(H,41,43)(H,42,44)(H,45,46)(H,47,48). The zero-order chi connectivity index (χ0) is 36.1. The van der Waals surface area contributed by atoms with Gasteiger partial charge >= 0.3 is 11.9 Å². The van der Waals surface area contributed by atoms with Crippen molar-refractivity contribution in [3.8, 4) is 0 Å². The largest absolute Gasteiger partial charge is 0.481 e. The third-order valence-electron chi connectivity index (χ3n) is 14.7. The molecular formula is C40H64N2O8S. The molecule has 6 saturated carbocycles. The molecule has 2 amide bonds. The van der Waals surface area contributed by atoms with Crippen molar-refractivity contribution in [2.45, 2.75) is 177 Å². The van der Waals surface area contributed by atoms with Crippen LogP contribution >= 0.6 is 0 Å². The first-order valence-corrected chi connectivity index (χ1v) is 22.4. The van der Waals surface area contributed by atoms with E-state index in [9.17, 15) is 37.8 Å². The molecule has 6 fully saturated rings. The lowest BCUT2D eigenvalue weighted by molar-refractivity contribution is -0.150. The summed E-state index contributed by atoms with van der Waals surface area (Å²) in [5.41, 5.74) is 0. The van der Waals surface area contributed by atoms with Crippen LogP contribution in [0.2, 0.25) is 0 Å². The molecule has 0 radical (unpaired) electrons. The third-order valence-corrected chi connectivity index (χ3v) is 17.5. The number of carbonyl (C=O) groups excluding carboxylic acids is 2. The molecule has 0 aromatic rings. The Bertz CT molecular complexity index is 1230. The maximum Gasteiger partial charge on any atom is 0.307 e. The highest BCUT2D eigenvalue weighted by Gasteiger charge is 2.45. The highest BCUT2D eigenvalue weighted by Crippen LogP contribution is 2.45. The molecule has 0 bridgehead atoms. The summed E-state index contributed by atoms with van der Waals surface area (Å²) in [6.07, 6.45) is 20.5. The van der Waals surface area contributed by atoms with Gasteiger partial charge in [-0.2, -0.15) is 0 Å². The van der Waals surface area contributed by atoms with E-state index in [0.717, 1.165) is 12.8 Å². The van der Waals surface area contributed by atoms with E-state index >= 15 is 0 Å². The Labute approximate surface area is 305 Å². The van der Waals surface area contributed by atoms with Crippen molar-refractivity contribution in [2.24, 2.45) is 47.3 Å². The van der Waals surface area contributed by atoms with Crippen LogP contribution < -0.4 is 10.6 Å². The number of carboxylic acid groups (broad SMARTS) is 2. The van der Waals surface area contributed by atoms with Crippen molar-refractivity contribution < 1.29 is 37.8 Å². The summed E-state index contributed by atoms with van der Waals surface area (Å²) >= 11 is 0. The van der Waals surface area contributed by atoms with Crippen molar-refractivity contribution in [1.29, 1.82) is 0 Å². The highest BCUT2D eigenvalue weighted by molar-refractivity contribution is 7.92. The summed E-state index contributed by atoms with van der Waals surface area (Å²) < 4.78 is 27.6. The van der Waals surface area contributed by atoms with Crippen LogP contribution in [0.1, 0.15) is 154 Å². The molecule has 0 aromatic carbocycles. The second kappa shape index (κ2) is 17.3. The smallest absolute Gasteiger partial charge is 0.307 e. The summed E-state index contributed by atoms with van der Waals surface area (Å²) in [6, 6.07) is -0.266. The molecule has 0 aliphatic heterocycles. The topological polar surface area (TPSA) is 167 Å². The molecule has 11 heteroatoms. The number of hydrogen-bond acceptors (Lipinski definition) is 6. The van der Waals surface area contributed by atoms with Gasteiger partial charge in [0.15, 0.2) is 9.84 Å². The summed E-state index contributed by atoms with van der Waals surface area (Å²) in [5, 5.41) is 25.3. The zero-order valence-corrected chi connectivity index (χ0v) is 31.5. The number of aliphatic carboxylic acids is 2. The molecule has 0 saturated heterocycles. The molecule has 288 valence electrons. The fraction of sp³-hybridized carbons (Fsp3) is 0.900. The van der Waals surface area contributed by atoms with Crippen LogP contribution in [0.3, 0.4) is 0 Å². The maximum atomic E-state index is 13.8. The molecule has 10 nitrogen and oxygen atoms in total. The normalized spacial score (nSPS) is 37.6. The first-order chi connectivity index (χ1) is 24.5. The molecule has 6 unspecified atom stereocenters. The fourth-order valence-corrected chi connectivity index (χ4v) is 14.0. The van der Waals surface area contributed by atoms with Gasteiger partial charge in [-0.15, -0.1) is 0 Å². The number of amides is 2. The average molecular weight is 733 g/mol. The molecule has 0 spiro atoms. The second-order valence-corrected chi connectivity index (χ2v) is 20.1. The summed E-state index contributed by atoms with van der Waals surface area (Å²) in [7, 11) is -3.39. The Morgan fingerprint density at radius 3 is 1.10 bits per heavy atom. The lowest BCUT2D eigenvalue weighted by Crippen LogP contribution is -2.49. The number of carbonyl (C=O) groups is 4. The monoisotopic (exact) mass is 732 g/mol. The minimum Gasteiger partial charge on any atom is -0.481 e. The van der Waals surface area contributed by atoms with Gasteiger partial charge in [0.25, 0.3) is 0 Å². The van der Waals surface area contributed by atoms with E-state index in [-0.39, 0.29) is 23.9 Å². The summed E-state index contributed by atoms with van der Waals surface area (Å²) in [4.78, 5) is 51.3. The second-order valence-electron chi connectivity index (χ2n) is 17.6. The van der Waals surface area contributed by atoms with Crippen molar-refractivity contribution in [2.75, 3.05) is 0 Å². The van der Waals surface area contributed by atoms with E-state index in [4.69, 9.17) is 0 Å². The average Bonchev–Trinajstić information content (AvgIpc) is 3.15. The lowest BCUT2D eigenvalue weighted by Gasteiger charge is -2.40. The molecule has 6 rings (SSSR count). The Kier molecular flexibility index (Phi) is 13.1. The molecule has 6 aliphatic carbocycles. The Hall–Kier alpha value is -2.17. The van der Waals surface area contributed by atoms with E-state index in [1.165, 1.54) is 64.2 Å². The molecule has 6 aliphatic rings. The van der Waals surface area contributed by atoms with Crippen LogP contribution in [0.15, 0.2) is 0 Å². The van der Waals surface area contributed by atoms with E-state index in [0.29, 0.717) is 101 Å². The Morgan fingerprint density at radius 2 is 0.765 bits per heavy atom. The number of carboxylic acids is 2. The highest BCUT2D eigenvalue weighted by atomic mass is 32.2. The number of hydrogen-bond donors (Lipinski definition) is 4. The zero-order valence-electron chi connectivity index (χ0n) is 30.7. The van der Waals surface area contributed by atoms with Crippen LogP contribution in [0.4, 0.5) is 0 Å². The van der Waals surface area contributed by atoms with Gasteiger partial charge in [0, 0.05) is 12.1 Å². The van der Waals surface area contributed by atoms with Gasteiger partial charge in [0.05, 0.1) is 34.2 Å². The van der Waals surface area contributed by atoms with Crippen LogP contribution in [0, 0.1) is 47.3 Å². The van der Waals surface area contributed by atoms with Crippen LogP contribution in [-0.4, -0.2) is 65.0 Å². The van der Waals surface area contributed by atoms with Gasteiger partial charge in [0.2, 0.25) is 11.8 Å². The van der Waals surface area contributed by atoms with E-state index in [1.807, 2.05) is 0 Å². The molecule has 0 aromatic heterocycles. The molecule has 51 heavy (non-hydrogen) atoms. The molecule has 4 N–H and O–H groups in total. The lowest BCUT2D eigenvalue weighted by atomic mass is 9.66. The number of rotatable bonds is 10. The minimum absolute atomic E-state index is 0.133. The van der Waals surface area contributed by atoms with E-state index < -0.39 is 55.9 Å². The van der Waals surface area contributed by atoms with Crippen LogP contribution in [0.5, 0.6) is 0 Å². The maximum absolute atomic E-state index is 13.8. The van der Waals surface area contributed by atoms with Gasteiger partial charge in [-0.05, 0) is 114 Å². The summed E-state index contributed by atoms with van der Waals surface area (Å²) in [5.74, 6) is -2.44.